The van der Waals surface area contributed by atoms with E-state index in [-0.39, 0.29) is 29.6 Å². The van der Waals surface area contributed by atoms with E-state index in [4.69, 9.17) is 5.11 Å². The lowest BCUT2D eigenvalue weighted by molar-refractivity contribution is -0.385. The summed E-state index contributed by atoms with van der Waals surface area (Å²) in [6.07, 6.45) is 0. The number of benzene rings is 1. The fourth-order valence-corrected chi connectivity index (χ4v) is 4.65. The third-order valence-corrected chi connectivity index (χ3v) is 6.29. The number of carbonyl (C=O) groups is 1. The molecule has 8 nitrogen and oxygen atoms in total. The Morgan fingerprint density at radius 3 is 2.43 bits per heavy atom. The maximum Gasteiger partial charge on any atom is 0.308 e. The van der Waals surface area contributed by atoms with Crippen molar-refractivity contribution in [2.75, 3.05) is 13.1 Å². The minimum absolute atomic E-state index is 0.0838. The highest BCUT2D eigenvalue weighted by molar-refractivity contribution is 7.89. The van der Waals surface area contributed by atoms with Crippen LogP contribution in [0.25, 0.3) is 0 Å². The Bertz CT molecular complexity index is 774. The fraction of sp³-hybridized carbons (Fsp3) is 0.500. The Balaban J connectivity index is 2.49. The summed E-state index contributed by atoms with van der Waals surface area (Å²) in [6, 6.07) is 2.36. The van der Waals surface area contributed by atoms with Gasteiger partial charge in [0, 0.05) is 25.2 Å². The average molecular weight is 342 g/mol. The number of rotatable bonds is 4. The van der Waals surface area contributed by atoms with E-state index in [0.717, 1.165) is 10.4 Å². The van der Waals surface area contributed by atoms with Crippen molar-refractivity contribution < 1.29 is 23.2 Å². The highest BCUT2D eigenvalue weighted by Gasteiger charge is 2.41. The minimum Gasteiger partial charge on any atom is -0.481 e. The predicted molar refractivity (Wildman–Crippen MR) is 81.6 cm³/mol. The van der Waals surface area contributed by atoms with Gasteiger partial charge in [0.05, 0.1) is 15.7 Å². The molecule has 0 aliphatic carbocycles. The molecule has 0 unspecified atom stereocenters. The zero-order valence-electron chi connectivity index (χ0n) is 13.0. The van der Waals surface area contributed by atoms with Gasteiger partial charge in [0.15, 0.2) is 0 Å². The van der Waals surface area contributed by atoms with E-state index < -0.39 is 26.8 Å². The van der Waals surface area contributed by atoms with E-state index in [1.54, 1.807) is 20.8 Å². The van der Waals surface area contributed by atoms with E-state index in [1.165, 1.54) is 6.07 Å². The molecule has 1 aromatic carbocycles. The lowest BCUT2D eigenvalue weighted by atomic mass is 9.99. The van der Waals surface area contributed by atoms with Crippen LogP contribution in [-0.2, 0) is 14.8 Å². The summed E-state index contributed by atoms with van der Waals surface area (Å²) in [5, 5.41) is 20.1. The van der Waals surface area contributed by atoms with Crippen molar-refractivity contribution in [2.24, 2.45) is 11.8 Å². The largest absolute Gasteiger partial charge is 0.481 e. The van der Waals surface area contributed by atoms with Crippen LogP contribution >= 0.6 is 0 Å². The normalized spacial score (nSPS) is 22.2. The Labute approximate surface area is 133 Å². The van der Waals surface area contributed by atoms with Gasteiger partial charge in [0.1, 0.15) is 0 Å². The van der Waals surface area contributed by atoms with Gasteiger partial charge < -0.3 is 5.11 Å². The van der Waals surface area contributed by atoms with Gasteiger partial charge in [-0.15, -0.1) is 0 Å². The molecule has 1 heterocycles. The smallest absolute Gasteiger partial charge is 0.308 e. The molecule has 2 rings (SSSR count). The average Bonchev–Trinajstić information content (AvgIpc) is 2.84. The molecule has 0 amide bonds. The van der Waals surface area contributed by atoms with Crippen LogP contribution in [0.1, 0.15) is 18.1 Å². The summed E-state index contributed by atoms with van der Waals surface area (Å²) < 4.78 is 26.7. The van der Waals surface area contributed by atoms with Crippen LogP contribution in [0.4, 0.5) is 5.69 Å². The molecule has 0 bridgehead atoms. The topological polar surface area (TPSA) is 118 Å². The third kappa shape index (κ3) is 3.06. The number of nitro benzene ring substituents is 1. The zero-order chi connectivity index (χ0) is 17.5. The summed E-state index contributed by atoms with van der Waals surface area (Å²) >= 11 is 0. The van der Waals surface area contributed by atoms with Crippen LogP contribution < -0.4 is 0 Å². The lowest BCUT2D eigenvalue weighted by Gasteiger charge is -2.18. The van der Waals surface area contributed by atoms with Crippen LogP contribution in [0.3, 0.4) is 0 Å². The van der Waals surface area contributed by atoms with Crippen molar-refractivity contribution in [3.05, 3.63) is 33.4 Å². The first-order valence-corrected chi connectivity index (χ1v) is 8.48. The van der Waals surface area contributed by atoms with Crippen LogP contribution in [0.15, 0.2) is 17.0 Å². The van der Waals surface area contributed by atoms with Crippen LogP contribution in [0.2, 0.25) is 0 Å². The van der Waals surface area contributed by atoms with E-state index in [0.29, 0.717) is 11.1 Å². The van der Waals surface area contributed by atoms with Gasteiger partial charge in [-0.05, 0) is 30.9 Å². The first-order chi connectivity index (χ1) is 10.6. The fourth-order valence-electron chi connectivity index (χ4n) is 2.76. The van der Waals surface area contributed by atoms with Crippen molar-refractivity contribution in [1.29, 1.82) is 0 Å². The Hall–Kier alpha value is -2.00. The number of hydrogen-bond acceptors (Lipinski definition) is 5. The molecule has 1 fully saturated rings. The number of aliphatic carboxylic acids is 1. The second-order valence-corrected chi connectivity index (χ2v) is 7.79. The number of hydrogen-bond donors (Lipinski definition) is 1. The van der Waals surface area contributed by atoms with Gasteiger partial charge in [-0.3, -0.25) is 14.9 Å². The number of carboxylic acids is 1. The van der Waals surface area contributed by atoms with E-state index in [9.17, 15) is 23.3 Å². The van der Waals surface area contributed by atoms with Crippen molar-refractivity contribution >= 4 is 21.7 Å². The second-order valence-electron chi connectivity index (χ2n) is 5.89. The van der Waals surface area contributed by atoms with E-state index in [1.807, 2.05) is 0 Å². The quantitative estimate of drug-likeness (QED) is 0.655. The highest BCUT2D eigenvalue weighted by atomic mass is 32.2. The number of non-ortho nitro benzene ring substituents is 1. The van der Waals surface area contributed by atoms with Crippen LogP contribution in [0, 0.1) is 35.8 Å². The number of aryl methyl sites for hydroxylation is 1. The molecule has 1 saturated heterocycles. The molecule has 0 aromatic heterocycles. The summed E-state index contributed by atoms with van der Waals surface area (Å²) in [7, 11) is -3.98. The maximum atomic E-state index is 12.8. The van der Waals surface area contributed by atoms with Gasteiger partial charge in [0.25, 0.3) is 5.69 Å². The Kier molecular flexibility index (Phi) is 4.45. The molecule has 1 aliphatic heterocycles. The molecule has 1 aromatic rings. The first-order valence-electron chi connectivity index (χ1n) is 7.04. The molecule has 23 heavy (non-hydrogen) atoms. The van der Waals surface area contributed by atoms with Gasteiger partial charge in [-0.2, -0.15) is 4.31 Å². The number of carboxylic acid groups (broad SMARTS) is 1. The summed E-state index contributed by atoms with van der Waals surface area (Å²) in [6.45, 7) is 4.83. The van der Waals surface area contributed by atoms with Gasteiger partial charge in [-0.1, -0.05) is 6.92 Å². The predicted octanol–water partition coefficient (Wildman–Crippen LogP) is 1.55. The Morgan fingerprint density at radius 2 is 1.96 bits per heavy atom. The van der Waals surface area contributed by atoms with Crippen LogP contribution in [-0.4, -0.2) is 41.8 Å². The van der Waals surface area contributed by atoms with Crippen molar-refractivity contribution in [3.63, 3.8) is 0 Å². The summed E-state index contributed by atoms with van der Waals surface area (Å²) in [5.74, 6) is -2.13. The molecular weight excluding hydrogens is 324 g/mol. The van der Waals surface area contributed by atoms with Gasteiger partial charge in [-0.25, -0.2) is 8.42 Å². The minimum atomic E-state index is -3.98. The zero-order valence-corrected chi connectivity index (χ0v) is 13.8. The standard InChI is InChI=1S/C14H18N2O6S/c1-8-4-11(16(19)20)5-13(10(8)3)23(21,22)15-6-9(2)12(7-15)14(17)18/h4-5,9,12H,6-7H2,1-3H3,(H,17,18)/t9-,12-/m1/s1. The van der Waals surface area contributed by atoms with Crippen molar-refractivity contribution in [1.82, 2.24) is 4.31 Å². The van der Waals surface area contributed by atoms with Gasteiger partial charge in [0.2, 0.25) is 10.0 Å². The third-order valence-electron chi connectivity index (χ3n) is 4.33. The lowest BCUT2D eigenvalue weighted by Crippen LogP contribution is -2.30. The molecule has 0 radical (unpaired) electrons. The van der Waals surface area contributed by atoms with E-state index >= 15 is 0 Å². The summed E-state index contributed by atoms with van der Waals surface area (Å²) in [4.78, 5) is 21.4. The molecule has 0 spiro atoms. The summed E-state index contributed by atoms with van der Waals surface area (Å²) in [5.41, 5.74) is 0.635. The highest BCUT2D eigenvalue weighted by Crippen LogP contribution is 2.32. The first kappa shape index (κ1) is 17.4. The Morgan fingerprint density at radius 1 is 1.35 bits per heavy atom. The SMILES string of the molecule is Cc1cc([N+](=O)[O-])cc(S(=O)(=O)N2C[C@@H](C)[C@H](C(=O)O)C2)c1C. The molecule has 2 atom stereocenters. The van der Waals surface area contributed by atoms with Crippen molar-refractivity contribution in [2.45, 2.75) is 25.7 Å². The second kappa shape index (κ2) is 5.89. The van der Waals surface area contributed by atoms with Crippen molar-refractivity contribution in [3.8, 4) is 0 Å². The molecular formula is C14H18N2O6S. The molecule has 0 saturated carbocycles. The molecule has 9 heteroatoms. The molecule has 1 aliphatic rings. The maximum absolute atomic E-state index is 12.8. The molecule has 126 valence electrons. The van der Waals surface area contributed by atoms with E-state index in [2.05, 4.69) is 0 Å². The van der Waals surface area contributed by atoms with Gasteiger partial charge >= 0.3 is 5.97 Å². The van der Waals surface area contributed by atoms with Crippen LogP contribution in [0.5, 0.6) is 0 Å². The number of nitrogens with zero attached hydrogens (tertiary/aromatic N) is 2. The molecule has 1 N–H and O–H groups in total. The number of sulfonamides is 1. The monoisotopic (exact) mass is 342 g/mol. The number of nitro groups is 1.